The van der Waals surface area contributed by atoms with Crippen molar-refractivity contribution in [2.75, 3.05) is 13.2 Å². The average Bonchev–Trinajstić information content (AvgIpc) is 3.12. The molecule has 0 unspecified atom stereocenters. The van der Waals surface area contributed by atoms with Gasteiger partial charge in [-0.2, -0.15) is 5.10 Å². The first-order valence-electron chi connectivity index (χ1n) is 8.57. The zero-order valence-corrected chi connectivity index (χ0v) is 17.6. The highest BCUT2D eigenvalue weighted by Crippen LogP contribution is 2.34. The first kappa shape index (κ1) is 20.9. The fraction of sp³-hybridized carbons (Fsp3) is 0.150. The number of nitrogens with one attached hydrogen (secondary N) is 1. The molecule has 0 saturated heterocycles. The van der Waals surface area contributed by atoms with Crippen molar-refractivity contribution in [2.45, 2.75) is 6.92 Å². The van der Waals surface area contributed by atoms with Gasteiger partial charge < -0.3 is 13.9 Å². The number of benzene rings is 2. The fourth-order valence-electron chi connectivity index (χ4n) is 2.44. The van der Waals surface area contributed by atoms with Crippen molar-refractivity contribution in [3.05, 3.63) is 63.3 Å². The molecule has 29 heavy (non-hydrogen) atoms. The number of ether oxygens (including phenoxy) is 2. The minimum Gasteiger partial charge on any atom is -0.479 e. The van der Waals surface area contributed by atoms with Gasteiger partial charge in [0, 0.05) is 5.39 Å². The molecule has 0 radical (unpaired) electrons. The van der Waals surface area contributed by atoms with Gasteiger partial charge in [-0.15, -0.1) is 0 Å². The van der Waals surface area contributed by atoms with E-state index in [-0.39, 0.29) is 24.0 Å². The smallest absolute Gasteiger partial charge is 0.344 e. The predicted octanol–water partition coefficient (Wildman–Crippen LogP) is 4.55. The minimum absolute atomic E-state index is 0.158. The summed E-state index contributed by atoms with van der Waals surface area (Å²) >= 11 is 9.55. The Morgan fingerprint density at radius 2 is 2.07 bits per heavy atom. The lowest BCUT2D eigenvalue weighted by Crippen LogP contribution is -2.16. The fourth-order valence-corrected chi connectivity index (χ4v) is 3.43. The lowest BCUT2D eigenvalue weighted by atomic mass is 10.2. The molecule has 0 aliphatic carbocycles. The summed E-state index contributed by atoms with van der Waals surface area (Å²) < 4.78 is 16.2. The summed E-state index contributed by atoms with van der Waals surface area (Å²) in [6.45, 7) is 1.72. The third-order valence-electron chi connectivity index (χ3n) is 3.69. The molecular weight excluding hydrogens is 464 g/mol. The number of fused-ring (bicyclic) bond motifs is 1. The molecule has 0 aliphatic heterocycles. The Morgan fingerprint density at radius 1 is 1.28 bits per heavy atom. The van der Waals surface area contributed by atoms with E-state index in [0.717, 1.165) is 5.39 Å². The SMILES string of the molecule is CCOC(=O)COc1c(Cl)cc(/C=N/NC(=O)c2cc3ccccc3o2)cc1Br. The lowest BCUT2D eigenvalue weighted by Gasteiger charge is -2.10. The zero-order valence-electron chi connectivity index (χ0n) is 15.3. The normalized spacial score (nSPS) is 11.0. The number of rotatable bonds is 7. The molecule has 1 aromatic heterocycles. The molecule has 3 aromatic rings. The Balaban J connectivity index is 1.64. The number of carbonyl (C=O) groups excluding carboxylic acids is 2. The largest absolute Gasteiger partial charge is 0.479 e. The predicted molar refractivity (Wildman–Crippen MR) is 113 cm³/mol. The molecule has 1 N–H and O–H groups in total. The van der Waals surface area contributed by atoms with Crippen LogP contribution < -0.4 is 10.2 Å². The number of hydrazone groups is 1. The molecule has 0 bridgehead atoms. The zero-order chi connectivity index (χ0) is 20.8. The number of halogens is 2. The average molecular weight is 480 g/mol. The first-order valence-corrected chi connectivity index (χ1v) is 9.74. The second kappa shape index (κ2) is 9.58. The highest BCUT2D eigenvalue weighted by Gasteiger charge is 2.13. The number of furan rings is 1. The molecular formula is C20H16BrClN2O5. The van der Waals surface area contributed by atoms with Crippen molar-refractivity contribution in [3.63, 3.8) is 0 Å². The maximum absolute atomic E-state index is 12.2. The Bertz CT molecular complexity index is 1020. The molecule has 1 amide bonds. The van der Waals surface area contributed by atoms with Crippen molar-refractivity contribution < 1.29 is 23.5 Å². The number of carbonyl (C=O) groups is 2. The second-order valence-corrected chi connectivity index (χ2v) is 7.02. The van der Waals surface area contributed by atoms with Crippen LogP contribution in [0.1, 0.15) is 23.0 Å². The van der Waals surface area contributed by atoms with Crippen molar-refractivity contribution in [2.24, 2.45) is 5.10 Å². The molecule has 0 aliphatic rings. The van der Waals surface area contributed by atoms with Gasteiger partial charge in [0.2, 0.25) is 0 Å². The van der Waals surface area contributed by atoms with E-state index in [9.17, 15) is 9.59 Å². The molecule has 0 atom stereocenters. The van der Waals surface area contributed by atoms with Crippen LogP contribution in [-0.4, -0.2) is 31.3 Å². The molecule has 9 heteroatoms. The van der Waals surface area contributed by atoms with Crippen molar-refractivity contribution >= 4 is 56.6 Å². The highest BCUT2D eigenvalue weighted by atomic mass is 79.9. The van der Waals surface area contributed by atoms with Gasteiger partial charge in [-0.1, -0.05) is 29.8 Å². The summed E-state index contributed by atoms with van der Waals surface area (Å²) in [4.78, 5) is 23.6. The summed E-state index contributed by atoms with van der Waals surface area (Å²) in [6, 6.07) is 12.2. The van der Waals surface area contributed by atoms with Crippen LogP contribution in [0.25, 0.3) is 11.0 Å². The van der Waals surface area contributed by atoms with Crippen LogP contribution in [0, 0.1) is 0 Å². The molecule has 0 spiro atoms. The maximum Gasteiger partial charge on any atom is 0.344 e. The summed E-state index contributed by atoms with van der Waals surface area (Å²) in [5.41, 5.74) is 3.63. The van der Waals surface area contributed by atoms with Gasteiger partial charge in [0.1, 0.15) is 5.58 Å². The number of para-hydroxylation sites is 1. The summed E-state index contributed by atoms with van der Waals surface area (Å²) in [5, 5.41) is 5.02. The van der Waals surface area contributed by atoms with E-state index < -0.39 is 11.9 Å². The van der Waals surface area contributed by atoms with E-state index in [1.165, 1.54) is 6.21 Å². The van der Waals surface area contributed by atoms with Crippen LogP contribution in [0.15, 0.2) is 56.5 Å². The number of nitrogens with zero attached hydrogens (tertiary/aromatic N) is 1. The van der Waals surface area contributed by atoms with E-state index >= 15 is 0 Å². The molecule has 7 nitrogen and oxygen atoms in total. The van der Waals surface area contributed by atoms with Crippen LogP contribution >= 0.6 is 27.5 Å². The topological polar surface area (TPSA) is 90.1 Å². The van der Waals surface area contributed by atoms with Crippen molar-refractivity contribution in [1.29, 1.82) is 0 Å². The quantitative estimate of drug-likeness (QED) is 0.305. The van der Waals surface area contributed by atoms with Crippen LogP contribution in [-0.2, 0) is 9.53 Å². The van der Waals surface area contributed by atoms with Crippen LogP contribution in [0.5, 0.6) is 5.75 Å². The van der Waals surface area contributed by atoms with Crippen molar-refractivity contribution in [1.82, 2.24) is 5.43 Å². The van der Waals surface area contributed by atoms with Gasteiger partial charge in [-0.3, -0.25) is 4.79 Å². The highest BCUT2D eigenvalue weighted by molar-refractivity contribution is 9.10. The van der Waals surface area contributed by atoms with Gasteiger partial charge in [0.15, 0.2) is 18.1 Å². The van der Waals surface area contributed by atoms with E-state index in [0.29, 0.717) is 21.4 Å². The van der Waals surface area contributed by atoms with E-state index in [1.807, 2.05) is 18.2 Å². The third-order valence-corrected chi connectivity index (χ3v) is 4.56. The van der Waals surface area contributed by atoms with Crippen molar-refractivity contribution in [3.8, 4) is 5.75 Å². The molecule has 0 saturated carbocycles. The van der Waals surface area contributed by atoms with Gasteiger partial charge in [0.05, 0.1) is 22.3 Å². The Morgan fingerprint density at radius 3 is 2.79 bits per heavy atom. The Hall–Kier alpha value is -2.84. The van der Waals surface area contributed by atoms with E-state index in [2.05, 4.69) is 26.5 Å². The van der Waals surface area contributed by atoms with E-state index in [1.54, 1.807) is 31.2 Å². The molecule has 3 rings (SSSR count). The molecule has 2 aromatic carbocycles. The second-order valence-electron chi connectivity index (χ2n) is 5.75. The Kier molecular flexibility index (Phi) is 6.90. The van der Waals surface area contributed by atoms with Crippen LogP contribution in [0.2, 0.25) is 5.02 Å². The summed E-state index contributed by atoms with van der Waals surface area (Å²) in [7, 11) is 0. The van der Waals surface area contributed by atoms with Gasteiger partial charge in [0.25, 0.3) is 0 Å². The first-order chi connectivity index (χ1) is 14.0. The van der Waals surface area contributed by atoms with Gasteiger partial charge in [-0.05, 0) is 52.7 Å². The summed E-state index contributed by atoms with van der Waals surface area (Å²) in [6.07, 6.45) is 1.42. The number of hydrogen-bond acceptors (Lipinski definition) is 6. The van der Waals surface area contributed by atoms with E-state index in [4.69, 9.17) is 25.5 Å². The van der Waals surface area contributed by atoms with Gasteiger partial charge in [-0.25, -0.2) is 10.2 Å². The molecule has 0 fully saturated rings. The monoisotopic (exact) mass is 478 g/mol. The Labute approximate surface area is 179 Å². The minimum atomic E-state index is -0.491. The van der Waals surface area contributed by atoms with Crippen LogP contribution in [0.3, 0.4) is 0 Å². The van der Waals surface area contributed by atoms with Gasteiger partial charge >= 0.3 is 11.9 Å². The molecule has 150 valence electrons. The standard InChI is InChI=1S/C20H16BrClN2O5/c1-2-27-18(25)11-28-19-14(21)7-12(8-15(19)22)10-23-24-20(26)17-9-13-5-3-4-6-16(13)29-17/h3-10H,2,11H2,1H3,(H,24,26)/b23-10+. The third kappa shape index (κ3) is 5.36. The van der Waals surface area contributed by atoms with Crippen LogP contribution in [0.4, 0.5) is 0 Å². The number of esters is 1. The lowest BCUT2D eigenvalue weighted by molar-refractivity contribution is -0.145. The summed E-state index contributed by atoms with van der Waals surface area (Å²) in [5.74, 6) is -0.500. The maximum atomic E-state index is 12.2. The number of hydrogen-bond donors (Lipinski definition) is 1. The molecule has 1 heterocycles. The number of amides is 1.